The molecular formula is C10H10O3. The highest BCUT2D eigenvalue weighted by molar-refractivity contribution is 5.85. The Kier molecular flexibility index (Phi) is 3.23. The van der Waals surface area contributed by atoms with Gasteiger partial charge < -0.3 is 10.2 Å². The van der Waals surface area contributed by atoms with E-state index in [0.29, 0.717) is 0 Å². The molecule has 1 aromatic carbocycles. The predicted octanol–water partition coefficient (Wildman–Crippen LogP) is 1.28. The van der Waals surface area contributed by atoms with Crippen LogP contribution in [0.25, 0.3) is 6.08 Å². The van der Waals surface area contributed by atoms with E-state index in [2.05, 4.69) is 0 Å². The van der Waals surface area contributed by atoms with Crippen LogP contribution in [0.2, 0.25) is 0 Å². The Morgan fingerprint density at radius 3 is 2.38 bits per heavy atom. The van der Waals surface area contributed by atoms with Crippen molar-refractivity contribution in [3.8, 4) is 0 Å². The summed E-state index contributed by atoms with van der Waals surface area (Å²) >= 11 is 0. The van der Waals surface area contributed by atoms with Crippen LogP contribution in [0.1, 0.15) is 11.1 Å². The molecule has 0 spiro atoms. The molecule has 0 saturated heterocycles. The Balaban J connectivity index is 2.75. The monoisotopic (exact) mass is 178 g/mol. The Labute approximate surface area is 76.0 Å². The van der Waals surface area contributed by atoms with Crippen molar-refractivity contribution in [2.45, 2.75) is 6.61 Å². The van der Waals surface area contributed by atoms with E-state index in [1.165, 1.54) is 6.08 Å². The van der Waals surface area contributed by atoms with Gasteiger partial charge in [-0.3, -0.25) is 0 Å². The standard InChI is InChI=1S/C10H10O3/c11-7-9-3-1-8(2-4-9)5-6-10(12)13/h1-6,11H,7H2,(H,12,13)/b6-5-. The number of carbonyl (C=O) groups is 1. The molecule has 0 aliphatic heterocycles. The van der Waals surface area contributed by atoms with Gasteiger partial charge in [-0.15, -0.1) is 0 Å². The average molecular weight is 178 g/mol. The first-order chi connectivity index (χ1) is 6.22. The minimum atomic E-state index is -0.966. The van der Waals surface area contributed by atoms with Crippen LogP contribution in [0, 0.1) is 0 Å². The second-order valence-electron chi connectivity index (χ2n) is 2.57. The van der Waals surface area contributed by atoms with Crippen LogP contribution in [0.3, 0.4) is 0 Å². The highest BCUT2D eigenvalue weighted by Gasteiger charge is 1.90. The molecule has 0 fully saturated rings. The van der Waals surface area contributed by atoms with Gasteiger partial charge in [0, 0.05) is 6.08 Å². The molecule has 68 valence electrons. The van der Waals surface area contributed by atoms with Crippen LogP contribution in [0.4, 0.5) is 0 Å². The lowest BCUT2D eigenvalue weighted by Crippen LogP contribution is -1.86. The van der Waals surface area contributed by atoms with Gasteiger partial charge in [0.25, 0.3) is 0 Å². The second kappa shape index (κ2) is 4.42. The fourth-order valence-electron chi connectivity index (χ4n) is 0.902. The van der Waals surface area contributed by atoms with Gasteiger partial charge in [0.15, 0.2) is 0 Å². The first kappa shape index (κ1) is 9.48. The molecule has 0 saturated carbocycles. The van der Waals surface area contributed by atoms with Crippen molar-refractivity contribution >= 4 is 12.0 Å². The SMILES string of the molecule is O=C(O)/C=C\c1ccc(CO)cc1. The van der Waals surface area contributed by atoms with Crippen molar-refractivity contribution in [3.05, 3.63) is 41.5 Å². The maximum atomic E-state index is 10.2. The zero-order valence-corrected chi connectivity index (χ0v) is 6.97. The van der Waals surface area contributed by atoms with Gasteiger partial charge in [-0.2, -0.15) is 0 Å². The lowest BCUT2D eigenvalue weighted by Gasteiger charge is -1.95. The Bertz CT molecular complexity index is 311. The number of carboxylic acid groups (broad SMARTS) is 1. The van der Waals surface area contributed by atoms with Crippen molar-refractivity contribution in [1.29, 1.82) is 0 Å². The molecule has 3 nitrogen and oxygen atoms in total. The summed E-state index contributed by atoms with van der Waals surface area (Å²) in [6.45, 7) is 0.00290. The van der Waals surface area contributed by atoms with E-state index in [9.17, 15) is 4.79 Å². The minimum Gasteiger partial charge on any atom is -0.478 e. The van der Waals surface area contributed by atoms with E-state index in [-0.39, 0.29) is 6.61 Å². The van der Waals surface area contributed by atoms with Crippen molar-refractivity contribution in [1.82, 2.24) is 0 Å². The highest BCUT2D eigenvalue weighted by Crippen LogP contribution is 2.05. The lowest BCUT2D eigenvalue weighted by molar-refractivity contribution is -0.131. The summed E-state index contributed by atoms with van der Waals surface area (Å²) in [6.07, 6.45) is 2.58. The Hall–Kier alpha value is -1.61. The number of benzene rings is 1. The third kappa shape index (κ3) is 3.09. The zero-order valence-electron chi connectivity index (χ0n) is 6.97. The van der Waals surface area contributed by atoms with Crippen molar-refractivity contribution < 1.29 is 15.0 Å². The summed E-state index contributed by atoms with van der Waals surface area (Å²) in [5.41, 5.74) is 1.62. The van der Waals surface area contributed by atoms with Gasteiger partial charge in [0.1, 0.15) is 0 Å². The van der Waals surface area contributed by atoms with E-state index in [1.807, 2.05) is 0 Å². The van der Waals surface area contributed by atoms with Gasteiger partial charge in [-0.1, -0.05) is 24.3 Å². The third-order valence-corrected chi connectivity index (χ3v) is 1.58. The van der Waals surface area contributed by atoms with Crippen LogP contribution in [0.5, 0.6) is 0 Å². The van der Waals surface area contributed by atoms with E-state index in [4.69, 9.17) is 10.2 Å². The molecule has 1 aromatic rings. The number of aliphatic hydroxyl groups is 1. The summed E-state index contributed by atoms with van der Waals surface area (Å²) in [5, 5.41) is 17.1. The number of rotatable bonds is 3. The Morgan fingerprint density at radius 2 is 1.92 bits per heavy atom. The summed E-state index contributed by atoms with van der Waals surface area (Å²) in [5.74, 6) is -0.966. The maximum absolute atomic E-state index is 10.2. The van der Waals surface area contributed by atoms with Crippen LogP contribution in [-0.4, -0.2) is 16.2 Å². The normalized spacial score (nSPS) is 10.5. The van der Waals surface area contributed by atoms with Crippen LogP contribution < -0.4 is 0 Å². The summed E-state index contributed by atoms with van der Waals surface area (Å²) < 4.78 is 0. The maximum Gasteiger partial charge on any atom is 0.328 e. The molecule has 0 unspecified atom stereocenters. The number of hydrogen-bond acceptors (Lipinski definition) is 2. The zero-order chi connectivity index (χ0) is 9.68. The van der Waals surface area contributed by atoms with Crippen molar-refractivity contribution in [2.75, 3.05) is 0 Å². The molecule has 1 rings (SSSR count). The molecule has 0 atom stereocenters. The molecule has 0 amide bonds. The molecule has 0 aromatic heterocycles. The van der Waals surface area contributed by atoms with E-state index >= 15 is 0 Å². The van der Waals surface area contributed by atoms with E-state index in [0.717, 1.165) is 17.2 Å². The number of hydrogen-bond donors (Lipinski definition) is 2. The third-order valence-electron chi connectivity index (χ3n) is 1.58. The lowest BCUT2D eigenvalue weighted by atomic mass is 10.1. The van der Waals surface area contributed by atoms with Crippen molar-refractivity contribution in [3.63, 3.8) is 0 Å². The summed E-state index contributed by atoms with van der Waals surface area (Å²) in [6, 6.07) is 7.01. The fourth-order valence-corrected chi connectivity index (χ4v) is 0.902. The second-order valence-corrected chi connectivity index (χ2v) is 2.57. The topological polar surface area (TPSA) is 57.5 Å². The van der Waals surface area contributed by atoms with Gasteiger partial charge in [0.05, 0.1) is 6.61 Å². The largest absolute Gasteiger partial charge is 0.478 e. The van der Waals surface area contributed by atoms with Crippen LogP contribution in [-0.2, 0) is 11.4 Å². The summed E-state index contributed by atoms with van der Waals surface area (Å²) in [7, 11) is 0. The summed E-state index contributed by atoms with van der Waals surface area (Å²) in [4.78, 5) is 10.2. The predicted molar refractivity (Wildman–Crippen MR) is 49.0 cm³/mol. The van der Waals surface area contributed by atoms with Gasteiger partial charge in [-0.05, 0) is 17.2 Å². The van der Waals surface area contributed by atoms with Gasteiger partial charge >= 0.3 is 5.97 Å². The first-order valence-electron chi connectivity index (χ1n) is 3.83. The molecular weight excluding hydrogens is 168 g/mol. The first-order valence-corrected chi connectivity index (χ1v) is 3.83. The molecule has 0 bridgehead atoms. The van der Waals surface area contributed by atoms with E-state index in [1.54, 1.807) is 24.3 Å². The quantitative estimate of drug-likeness (QED) is 0.685. The molecule has 0 aliphatic carbocycles. The molecule has 13 heavy (non-hydrogen) atoms. The minimum absolute atomic E-state index is 0.00290. The smallest absolute Gasteiger partial charge is 0.328 e. The average Bonchev–Trinajstić information content (AvgIpc) is 2.15. The highest BCUT2D eigenvalue weighted by atomic mass is 16.4. The fraction of sp³-hybridized carbons (Fsp3) is 0.100. The molecule has 0 heterocycles. The van der Waals surface area contributed by atoms with Crippen molar-refractivity contribution in [2.24, 2.45) is 0 Å². The molecule has 0 aliphatic rings. The number of aliphatic hydroxyl groups excluding tert-OH is 1. The molecule has 2 N–H and O–H groups in total. The van der Waals surface area contributed by atoms with E-state index < -0.39 is 5.97 Å². The molecule has 0 radical (unpaired) electrons. The van der Waals surface area contributed by atoms with Crippen LogP contribution in [0.15, 0.2) is 30.3 Å². The number of aliphatic carboxylic acids is 1. The van der Waals surface area contributed by atoms with Gasteiger partial charge in [0.2, 0.25) is 0 Å². The Morgan fingerprint density at radius 1 is 1.31 bits per heavy atom. The van der Waals surface area contributed by atoms with Crippen LogP contribution >= 0.6 is 0 Å². The molecule has 3 heteroatoms. The van der Waals surface area contributed by atoms with Gasteiger partial charge in [-0.25, -0.2) is 4.79 Å². The number of carboxylic acids is 1.